The van der Waals surface area contributed by atoms with Gasteiger partial charge in [0.25, 0.3) is 0 Å². The number of carboxylic acid groups (broad SMARTS) is 1. The van der Waals surface area contributed by atoms with Gasteiger partial charge < -0.3 is 14.9 Å². The molecule has 0 saturated heterocycles. The van der Waals surface area contributed by atoms with Crippen LogP contribution in [-0.2, 0) is 20.7 Å². The first-order chi connectivity index (χ1) is 13.2. The van der Waals surface area contributed by atoms with Crippen LogP contribution in [0.25, 0.3) is 0 Å². The lowest BCUT2D eigenvalue weighted by molar-refractivity contribution is -0.169. The summed E-state index contributed by atoms with van der Waals surface area (Å²) >= 11 is 2.06. The van der Waals surface area contributed by atoms with E-state index >= 15 is 0 Å². The highest BCUT2D eigenvalue weighted by molar-refractivity contribution is 14.2. The Kier molecular flexibility index (Phi) is 13.2. The van der Waals surface area contributed by atoms with Gasteiger partial charge >= 0.3 is 11.9 Å². The predicted molar refractivity (Wildman–Crippen MR) is 122 cm³/mol. The highest BCUT2D eigenvalue weighted by Crippen LogP contribution is 2.22. The highest BCUT2D eigenvalue weighted by Gasteiger charge is 2.39. The van der Waals surface area contributed by atoms with E-state index in [4.69, 9.17) is 9.84 Å². The molecule has 0 aromatic heterocycles. The molecule has 0 bridgehead atoms. The number of carboxylic acids is 1. The molecule has 0 aliphatic carbocycles. The van der Waals surface area contributed by atoms with E-state index in [0.717, 1.165) is 5.56 Å². The van der Waals surface area contributed by atoms with Gasteiger partial charge in [0, 0.05) is 17.6 Å². The van der Waals surface area contributed by atoms with Crippen molar-refractivity contribution < 1.29 is 24.5 Å². The average molecular weight is 520 g/mol. The molecule has 0 unspecified atom stereocenters. The van der Waals surface area contributed by atoms with Gasteiger partial charge in [-0.15, -0.1) is 0 Å². The number of halogens is 1. The maximum Gasteiger partial charge on any atom is 0.339 e. The fraction of sp³-hybridized carbons (Fsp3) is 0.524. The van der Waals surface area contributed by atoms with Crippen molar-refractivity contribution in [2.45, 2.75) is 52.6 Å². The summed E-state index contributed by atoms with van der Waals surface area (Å²) in [5, 5.41) is 19.5. The zero-order chi connectivity index (χ0) is 21.6. The van der Waals surface area contributed by atoms with E-state index in [1.807, 2.05) is 58.0 Å². The molecule has 2 N–H and O–H groups in total. The molecule has 1 rings (SSSR count). The van der Waals surface area contributed by atoms with Crippen molar-refractivity contribution >= 4 is 42.1 Å². The number of rotatable bonds is 9. The van der Waals surface area contributed by atoms with Crippen LogP contribution in [0.3, 0.4) is 0 Å². The normalized spacial score (nSPS) is 12.5. The predicted octanol–water partition coefficient (Wildman–Crippen LogP) is 4.51. The molecule has 0 aliphatic heterocycles. The lowest BCUT2D eigenvalue weighted by Gasteiger charge is -2.22. The Morgan fingerprint density at radius 1 is 1.21 bits per heavy atom. The van der Waals surface area contributed by atoms with Gasteiger partial charge in [0.1, 0.15) is 6.61 Å². The van der Waals surface area contributed by atoms with Crippen molar-refractivity contribution in [3.63, 3.8) is 0 Å². The van der Waals surface area contributed by atoms with Gasteiger partial charge in [0.2, 0.25) is 0 Å². The van der Waals surface area contributed by atoms with E-state index in [2.05, 4.69) is 33.0 Å². The molecule has 156 valence electrons. The summed E-state index contributed by atoms with van der Waals surface area (Å²) in [4.78, 5) is 23.1. The van der Waals surface area contributed by atoms with Crippen LogP contribution in [0.1, 0.15) is 46.1 Å². The van der Waals surface area contributed by atoms with Crippen LogP contribution in [0.2, 0.25) is 0 Å². The van der Waals surface area contributed by atoms with E-state index in [1.54, 1.807) is 0 Å². The second-order valence-electron chi connectivity index (χ2n) is 6.58. The lowest BCUT2D eigenvalue weighted by atomic mass is 9.85. The molecule has 28 heavy (non-hydrogen) atoms. The number of carbonyl (C=O) groups is 2. The van der Waals surface area contributed by atoms with Gasteiger partial charge in [-0.05, 0) is 47.0 Å². The Hall–Kier alpha value is -1.24. The molecule has 5 nitrogen and oxygen atoms in total. The van der Waals surface area contributed by atoms with Crippen molar-refractivity contribution in [3.8, 4) is 11.8 Å². The SMILES string of the molecule is CC.CC(C)(C#CC[C@@](O)(CC(=O)O)C(=O)OCCSI)Cc1ccccc1. The second kappa shape index (κ2) is 13.9. The Morgan fingerprint density at radius 2 is 1.82 bits per heavy atom. The molecule has 0 saturated carbocycles. The molecule has 1 aromatic carbocycles. The highest BCUT2D eigenvalue weighted by atomic mass is 127. The van der Waals surface area contributed by atoms with Crippen LogP contribution in [0, 0.1) is 17.3 Å². The van der Waals surface area contributed by atoms with E-state index in [1.165, 1.54) is 8.93 Å². The molecule has 1 atom stereocenters. The van der Waals surface area contributed by atoms with Crippen LogP contribution in [0.15, 0.2) is 30.3 Å². The second-order valence-corrected chi connectivity index (χ2v) is 9.07. The van der Waals surface area contributed by atoms with Crippen LogP contribution in [0.5, 0.6) is 0 Å². The third kappa shape index (κ3) is 10.9. The number of hydrogen-bond acceptors (Lipinski definition) is 5. The molecule has 1 aromatic rings. The van der Waals surface area contributed by atoms with Crippen molar-refractivity contribution in [1.29, 1.82) is 0 Å². The van der Waals surface area contributed by atoms with Crippen molar-refractivity contribution in [3.05, 3.63) is 35.9 Å². The Bertz CT molecular complexity index is 666. The standard InChI is InChI=1S/C19H23IO5S.C2H6/c1-18(2,13-15-7-4-3-5-8-15)9-6-10-19(24,14-16(21)22)17(23)25-11-12-26-20;1-2/h3-5,7-8,24H,10-14H2,1-2H3,(H,21,22);1-2H3/t19-;/m1./s1. The first-order valence-corrected chi connectivity index (χ1v) is 12.6. The van der Waals surface area contributed by atoms with Crippen molar-refractivity contribution in [2.24, 2.45) is 5.41 Å². The van der Waals surface area contributed by atoms with E-state index in [0.29, 0.717) is 12.2 Å². The minimum Gasteiger partial charge on any atom is -0.481 e. The Balaban J connectivity index is 0.00000352. The molecule has 0 aliphatic rings. The van der Waals surface area contributed by atoms with Gasteiger partial charge in [0.15, 0.2) is 5.60 Å². The molecule has 0 radical (unpaired) electrons. The van der Waals surface area contributed by atoms with E-state index in [-0.39, 0.29) is 18.4 Å². The van der Waals surface area contributed by atoms with Crippen molar-refractivity contribution in [2.75, 3.05) is 12.4 Å². The fourth-order valence-corrected chi connectivity index (χ4v) is 3.02. The number of carbonyl (C=O) groups excluding carboxylic acids is 1. The van der Waals surface area contributed by atoms with Gasteiger partial charge in [-0.3, -0.25) is 4.79 Å². The Morgan fingerprint density at radius 3 is 2.36 bits per heavy atom. The molecule has 0 spiro atoms. The van der Waals surface area contributed by atoms with Gasteiger partial charge in [-0.2, -0.15) is 0 Å². The molecule has 0 amide bonds. The number of hydrogen-bond donors (Lipinski definition) is 2. The summed E-state index contributed by atoms with van der Waals surface area (Å²) in [7, 11) is 1.46. The van der Waals surface area contributed by atoms with Crippen LogP contribution in [0.4, 0.5) is 0 Å². The largest absolute Gasteiger partial charge is 0.481 e. The molecule has 7 heteroatoms. The zero-order valence-corrected chi connectivity index (χ0v) is 19.8. The maximum absolute atomic E-state index is 12.1. The first kappa shape index (κ1) is 26.8. The lowest BCUT2D eigenvalue weighted by Crippen LogP contribution is -2.42. The minimum absolute atomic E-state index is 0.112. The molecule has 0 fully saturated rings. The summed E-state index contributed by atoms with van der Waals surface area (Å²) < 4.78 is 4.98. The van der Waals surface area contributed by atoms with Gasteiger partial charge in [0.05, 0.1) is 6.42 Å². The first-order valence-electron chi connectivity index (χ1n) is 9.07. The third-order valence-corrected chi connectivity index (χ3v) is 5.16. The van der Waals surface area contributed by atoms with Crippen LogP contribution < -0.4 is 0 Å². The summed E-state index contributed by atoms with van der Waals surface area (Å²) in [6.45, 7) is 8.03. The van der Waals surface area contributed by atoms with E-state index in [9.17, 15) is 14.7 Å². The summed E-state index contributed by atoms with van der Waals surface area (Å²) in [5.41, 5.74) is -1.39. The quantitative estimate of drug-likeness (QED) is 0.216. The maximum atomic E-state index is 12.1. The summed E-state index contributed by atoms with van der Waals surface area (Å²) in [5.74, 6) is 4.17. The average Bonchev–Trinajstić information content (AvgIpc) is 2.63. The molecular weight excluding hydrogens is 491 g/mol. The van der Waals surface area contributed by atoms with Crippen LogP contribution in [-0.4, -0.2) is 40.1 Å². The van der Waals surface area contributed by atoms with E-state index < -0.39 is 24.0 Å². The third-order valence-electron chi connectivity index (χ3n) is 3.51. The summed E-state index contributed by atoms with van der Waals surface area (Å²) in [6, 6.07) is 9.86. The number of benzene rings is 1. The molecular formula is C21H29IO5S. The zero-order valence-electron chi connectivity index (χ0n) is 16.8. The van der Waals surface area contributed by atoms with Crippen molar-refractivity contribution in [1.82, 2.24) is 0 Å². The number of ether oxygens (including phenoxy) is 1. The number of esters is 1. The number of aliphatic hydroxyl groups is 1. The Labute approximate surface area is 184 Å². The monoisotopic (exact) mass is 520 g/mol. The van der Waals surface area contributed by atoms with Crippen LogP contribution >= 0.6 is 30.1 Å². The topological polar surface area (TPSA) is 83.8 Å². The number of aliphatic carboxylic acids is 1. The summed E-state index contributed by atoms with van der Waals surface area (Å²) in [6.07, 6.45) is -0.319. The van der Waals surface area contributed by atoms with Gasteiger partial charge in [-0.25, -0.2) is 4.79 Å². The minimum atomic E-state index is -2.14. The van der Waals surface area contributed by atoms with Gasteiger partial charge in [-0.1, -0.05) is 65.0 Å². The fourth-order valence-electron chi connectivity index (χ4n) is 2.34. The smallest absolute Gasteiger partial charge is 0.339 e. The molecule has 0 heterocycles.